The van der Waals surface area contributed by atoms with Gasteiger partial charge in [-0.2, -0.15) is 0 Å². The van der Waals surface area contributed by atoms with Crippen molar-refractivity contribution in [2.75, 3.05) is 0 Å². The van der Waals surface area contributed by atoms with Crippen molar-refractivity contribution < 1.29 is 0 Å². The van der Waals surface area contributed by atoms with Crippen LogP contribution in [-0.2, 0) is 0 Å². The molecule has 0 aliphatic rings. The van der Waals surface area contributed by atoms with E-state index in [-0.39, 0.29) is 0 Å². The summed E-state index contributed by atoms with van der Waals surface area (Å²) >= 11 is 1.76. The van der Waals surface area contributed by atoms with Crippen molar-refractivity contribution in [3.8, 4) is 11.4 Å². The van der Waals surface area contributed by atoms with Crippen LogP contribution in [0.1, 0.15) is 0 Å². The Kier molecular flexibility index (Phi) is 3.72. The minimum Gasteiger partial charge on any atom is -0.338 e. The van der Waals surface area contributed by atoms with Crippen LogP contribution in [0.4, 0.5) is 0 Å². The second kappa shape index (κ2) is 6.36. The molecule has 4 aromatic carbocycles. The summed E-state index contributed by atoms with van der Waals surface area (Å²) in [4.78, 5) is 10.8. The fourth-order valence-corrected chi connectivity index (χ4v) is 4.11. The molecule has 0 spiro atoms. The normalized spacial score (nSPS) is 11.2. The van der Waals surface area contributed by atoms with Crippen molar-refractivity contribution >= 4 is 33.6 Å². The van der Waals surface area contributed by atoms with Gasteiger partial charge in [0, 0.05) is 15.4 Å². The highest BCUT2D eigenvalue weighted by Crippen LogP contribution is 2.32. The molecular formula is C23H16N2S. The number of hydrogen-bond acceptors (Lipinski definition) is 2. The largest absolute Gasteiger partial charge is 0.338 e. The first-order valence-corrected chi connectivity index (χ1v) is 9.39. The monoisotopic (exact) mass is 352 g/mol. The Bertz CT molecular complexity index is 1200. The van der Waals surface area contributed by atoms with Crippen LogP contribution < -0.4 is 0 Å². The number of nitrogens with one attached hydrogen (secondary N) is 1. The third-order valence-electron chi connectivity index (χ3n) is 4.48. The Labute approximate surface area is 155 Å². The van der Waals surface area contributed by atoms with Crippen LogP contribution in [-0.4, -0.2) is 9.97 Å². The van der Waals surface area contributed by atoms with Gasteiger partial charge in [-0.05, 0) is 41.1 Å². The van der Waals surface area contributed by atoms with E-state index in [2.05, 4.69) is 89.9 Å². The van der Waals surface area contributed by atoms with Crippen LogP contribution in [0.2, 0.25) is 0 Å². The van der Waals surface area contributed by atoms with E-state index in [1.165, 1.54) is 20.6 Å². The molecule has 0 radical (unpaired) electrons. The van der Waals surface area contributed by atoms with E-state index in [0.29, 0.717) is 0 Å². The fraction of sp³-hybridized carbons (Fsp3) is 0. The summed E-state index contributed by atoms with van der Waals surface area (Å²) in [5, 5.41) is 2.44. The third-order valence-corrected chi connectivity index (χ3v) is 5.47. The summed E-state index contributed by atoms with van der Waals surface area (Å²) in [6.07, 6.45) is 0. The van der Waals surface area contributed by atoms with E-state index in [0.717, 1.165) is 22.4 Å². The predicted octanol–water partition coefficient (Wildman–Crippen LogP) is 6.53. The van der Waals surface area contributed by atoms with Gasteiger partial charge in [0.2, 0.25) is 0 Å². The molecule has 5 aromatic rings. The van der Waals surface area contributed by atoms with E-state index < -0.39 is 0 Å². The molecule has 26 heavy (non-hydrogen) atoms. The van der Waals surface area contributed by atoms with Crippen LogP contribution in [0.3, 0.4) is 0 Å². The van der Waals surface area contributed by atoms with Crippen molar-refractivity contribution in [1.29, 1.82) is 0 Å². The average molecular weight is 352 g/mol. The van der Waals surface area contributed by atoms with E-state index >= 15 is 0 Å². The molecule has 2 nitrogen and oxygen atoms in total. The van der Waals surface area contributed by atoms with Gasteiger partial charge < -0.3 is 4.98 Å². The highest BCUT2D eigenvalue weighted by atomic mass is 32.2. The summed E-state index contributed by atoms with van der Waals surface area (Å²) in [6.45, 7) is 0. The van der Waals surface area contributed by atoms with Crippen LogP contribution in [0.5, 0.6) is 0 Å². The number of imidazole rings is 1. The predicted molar refractivity (Wildman–Crippen MR) is 110 cm³/mol. The van der Waals surface area contributed by atoms with Gasteiger partial charge in [-0.1, -0.05) is 72.4 Å². The molecule has 0 atom stereocenters. The van der Waals surface area contributed by atoms with Gasteiger partial charge in [0.15, 0.2) is 0 Å². The van der Waals surface area contributed by atoms with Gasteiger partial charge in [-0.15, -0.1) is 0 Å². The second-order valence-electron chi connectivity index (χ2n) is 6.21. The lowest BCUT2D eigenvalue weighted by Gasteiger charge is -2.03. The number of hydrogen-bond donors (Lipinski definition) is 1. The first-order chi connectivity index (χ1) is 12.9. The summed E-state index contributed by atoms with van der Waals surface area (Å²) in [5.74, 6) is 0.915. The topological polar surface area (TPSA) is 28.7 Å². The molecule has 1 aromatic heterocycles. The quantitative estimate of drug-likeness (QED) is 0.400. The first kappa shape index (κ1) is 15.2. The highest BCUT2D eigenvalue weighted by molar-refractivity contribution is 7.99. The standard InChI is InChI=1S/C23H16N2S/c1-2-9-17(10-3-1)26-18-13-14-21-22(15-18)25-23(24-21)20-12-6-8-16-7-4-5-11-19(16)20/h1-15H,(H,24,25). The maximum Gasteiger partial charge on any atom is 0.139 e. The Morgan fingerprint density at radius 1 is 0.692 bits per heavy atom. The zero-order valence-electron chi connectivity index (χ0n) is 14.0. The SMILES string of the molecule is c1ccc(Sc2ccc3nc(-c4cccc5ccccc45)[nH]c3c2)cc1. The second-order valence-corrected chi connectivity index (χ2v) is 7.35. The first-order valence-electron chi connectivity index (χ1n) is 8.58. The fourth-order valence-electron chi connectivity index (χ4n) is 3.24. The van der Waals surface area contributed by atoms with Crippen molar-refractivity contribution in [1.82, 2.24) is 9.97 Å². The molecule has 1 heterocycles. The Morgan fingerprint density at radius 3 is 2.42 bits per heavy atom. The minimum absolute atomic E-state index is 0.915. The van der Waals surface area contributed by atoms with Crippen LogP contribution >= 0.6 is 11.8 Å². The zero-order chi connectivity index (χ0) is 17.3. The number of aromatic nitrogens is 2. The van der Waals surface area contributed by atoms with E-state index in [4.69, 9.17) is 4.98 Å². The molecule has 124 valence electrons. The van der Waals surface area contributed by atoms with Crippen molar-refractivity contribution in [3.05, 3.63) is 91.0 Å². The smallest absolute Gasteiger partial charge is 0.139 e. The Morgan fingerprint density at radius 2 is 1.50 bits per heavy atom. The number of benzene rings is 4. The zero-order valence-corrected chi connectivity index (χ0v) is 14.8. The molecule has 0 bridgehead atoms. The molecule has 5 rings (SSSR count). The molecule has 0 saturated carbocycles. The molecule has 0 fully saturated rings. The number of fused-ring (bicyclic) bond motifs is 2. The van der Waals surface area contributed by atoms with E-state index in [1.807, 2.05) is 6.07 Å². The van der Waals surface area contributed by atoms with Crippen molar-refractivity contribution in [2.45, 2.75) is 9.79 Å². The van der Waals surface area contributed by atoms with Crippen LogP contribution in [0, 0.1) is 0 Å². The van der Waals surface area contributed by atoms with Crippen molar-refractivity contribution in [3.63, 3.8) is 0 Å². The molecule has 1 N–H and O–H groups in total. The van der Waals surface area contributed by atoms with E-state index in [9.17, 15) is 0 Å². The average Bonchev–Trinajstić information content (AvgIpc) is 3.11. The lowest BCUT2D eigenvalue weighted by atomic mass is 10.0. The Balaban J connectivity index is 1.57. The van der Waals surface area contributed by atoms with Gasteiger partial charge in [-0.25, -0.2) is 4.98 Å². The van der Waals surface area contributed by atoms with Gasteiger partial charge in [0.1, 0.15) is 5.82 Å². The molecule has 0 amide bonds. The molecule has 3 heteroatoms. The number of nitrogens with zero attached hydrogens (tertiary/aromatic N) is 1. The highest BCUT2D eigenvalue weighted by Gasteiger charge is 2.09. The summed E-state index contributed by atoms with van der Waals surface area (Å²) in [6, 6.07) is 31.6. The third kappa shape index (κ3) is 2.76. The summed E-state index contributed by atoms with van der Waals surface area (Å²) in [5.41, 5.74) is 3.19. The number of aromatic amines is 1. The molecule has 0 saturated heterocycles. The van der Waals surface area contributed by atoms with Gasteiger partial charge in [-0.3, -0.25) is 0 Å². The number of rotatable bonds is 3. The molecule has 0 aliphatic heterocycles. The van der Waals surface area contributed by atoms with Crippen LogP contribution in [0.15, 0.2) is 101 Å². The maximum absolute atomic E-state index is 4.82. The summed E-state index contributed by atoms with van der Waals surface area (Å²) < 4.78 is 0. The van der Waals surface area contributed by atoms with Crippen LogP contribution in [0.25, 0.3) is 33.2 Å². The van der Waals surface area contributed by atoms with Gasteiger partial charge in [0.05, 0.1) is 11.0 Å². The minimum atomic E-state index is 0.915. The lowest BCUT2D eigenvalue weighted by molar-refractivity contribution is 1.34. The molecule has 0 unspecified atom stereocenters. The lowest BCUT2D eigenvalue weighted by Crippen LogP contribution is -1.82. The molecule has 0 aliphatic carbocycles. The molecular weight excluding hydrogens is 336 g/mol. The van der Waals surface area contributed by atoms with Gasteiger partial charge in [0.25, 0.3) is 0 Å². The summed E-state index contributed by atoms with van der Waals surface area (Å²) in [7, 11) is 0. The maximum atomic E-state index is 4.82. The number of H-pyrrole nitrogens is 1. The van der Waals surface area contributed by atoms with Crippen molar-refractivity contribution in [2.24, 2.45) is 0 Å². The van der Waals surface area contributed by atoms with E-state index in [1.54, 1.807) is 11.8 Å². The van der Waals surface area contributed by atoms with Gasteiger partial charge >= 0.3 is 0 Å². The Hall–Kier alpha value is -3.04.